The molecule has 4 nitrogen and oxygen atoms in total. The highest BCUT2D eigenvalue weighted by molar-refractivity contribution is 7.89. The van der Waals surface area contributed by atoms with Crippen molar-refractivity contribution in [3.05, 3.63) is 24.0 Å². The Morgan fingerprint density at radius 2 is 2.05 bits per heavy atom. The van der Waals surface area contributed by atoms with Crippen LogP contribution in [0.15, 0.2) is 23.1 Å². The Hall–Kier alpha value is -1.14. The number of nitrogens with zero attached hydrogens (tertiary/aromatic N) is 1. The molecule has 1 aromatic rings. The van der Waals surface area contributed by atoms with Crippen LogP contribution in [0.4, 0.5) is 10.1 Å². The summed E-state index contributed by atoms with van der Waals surface area (Å²) in [5.41, 5.74) is 5.72. The second-order valence-electron chi connectivity index (χ2n) is 5.80. The average Bonchev–Trinajstić information content (AvgIpc) is 2.31. The Morgan fingerprint density at radius 1 is 1.37 bits per heavy atom. The van der Waals surface area contributed by atoms with E-state index in [2.05, 4.69) is 0 Å². The molecule has 6 heteroatoms. The quantitative estimate of drug-likeness (QED) is 0.848. The van der Waals surface area contributed by atoms with Crippen LogP contribution in [0.5, 0.6) is 0 Å². The van der Waals surface area contributed by atoms with Gasteiger partial charge in [-0.15, -0.1) is 0 Å². The molecule has 1 aliphatic heterocycles. The number of sulfonamides is 1. The number of anilines is 1. The van der Waals surface area contributed by atoms with Crippen molar-refractivity contribution in [3.63, 3.8) is 0 Å². The van der Waals surface area contributed by atoms with Gasteiger partial charge in [0.05, 0.1) is 0 Å². The standard InChI is InChI=1S/C13H19FN2O2S/c1-13(2)6-3-7-16(9-13)19(17,18)12-8-10(15)4-5-11(12)14/h4-5,8H,3,6-7,9,15H2,1-2H3. The van der Waals surface area contributed by atoms with Crippen LogP contribution in [0.2, 0.25) is 0 Å². The first-order chi connectivity index (χ1) is 8.72. The van der Waals surface area contributed by atoms with E-state index in [1.165, 1.54) is 16.4 Å². The summed E-state index contributed by atoms with van der Waals surface area (Å²) < 4.78 is 40.1. The van der Waals surface area contributed by atoms with Crippen LogP contribution in [-0.2, 0) is 10.0 Å². The molecule has 0 radical (unpaired) electrons. The van der Waals surface area contributed by atoms with E-state index in [0.717, 1.165) is 18.9 Å². The van der Waals surface area contributed by atoms with Crippen molar-refractivity contribution in [2.75, 3.05) is 18.8 Å². The molecule has 1 heterocycles. The lowest BCUT2D eigenvalue weighted by atomic mass is 9.85. The molecule has 0 unspecified atom stereocenters. The highest BCUT2D eigenvalue weighted by Crippen LogP contribution is 2.32. The first-order valence-electron chi connectivity index (χ1n) is 6.28. The van der Waals surface area contributed by atoms with Crippen LogP contribution < -0.4 is 5.73 Å². The minimum Gasteiger partial charge on any atom is -0.399 e. The maximum Gasteiger partial charge on any atom is 0.246 e. The van der Waals surface area contributed by atoms with Crippen molar-refractivity contribution < 1.29 is 12.8 Å². The fourth-order valence-corrected chi connectivity index (χ4v) is 4.20. The Labute approximate surface area is 113 Å². The third kappa shape index (κ3) is 2.90. The molecule has 0 saturated carbocycles. The predicted octanol–water partition coefficient (Wildman–Crippen LogP) is 2.22. The number of nitrogen functional groups attached to an aromatic ring is 1. The van der Waals surface area contributed by atoms with Gasteiger partial charge in [-0.05, 0) is 36.5 Å². The molecule has 0 bridgehead atoms. The maximum absolute atomic E-state index is 13.8. The summed E-state index contributed by atoms with van der Waals surface area (Å²) in [5, 5.41) is 0. The van der Waals surface area contributed by atoms with Gasteiger partial charge < -0.3 is 5.73 Å². The topological polar surface area (TPSA) is 63.4 Å². The zero-order valence-corrected chi connectivity index (χ0v) is 12.0. The lowest BCUT2D eigenvalue weighted by Gasteiger charge is -2.37. The van der Waals surface area contributed by atoms with Crippen LogP contribution in [-0.4, -0.2) is 25.8 Å². The van der Waals surface area contributed by atoms with E-state index in [4.69, 9.17) is 5.73 Å². The number of nitrogens with two attached hydrogens (primary N) is 1. The molecule has 0 spiro atoms. The molecule has 1 aliphatic rings. The summed E-state index contributed by atoms with van der Waals surface area (Å²) >= 11 is 0. The number of hydrogen-bond acceptors (Lipinski definition) is 3. The van der Waals surface area contributed by atoms with Crippen molar-refractivity contribution >= 4 is 15.7 Å². The lowest BCUT2D eigenvalue weighted by Crippen LogP contribution is -2.43. The molecule has 0 aliphatic carbocycles. The number of halogens is 1. The fourth-order valence-electron chi connectivity index (χ4n) is 2.43. The molecular weight excluding hydrogens is 267 g/mol. The minimum atomic E-state index is -3.81. The minimum absolute atomic E-state index is 0.0812. The molecule has 1 fully saturated rings. The molecule has 1 aromatic carbocycles. The van der Waals surface area contributed by atoms with Crippen molar-refractivity contribution in [2.24, 2.45) is 5.41 Å². The van der Waals surface area contributed by atoms with Crippen molar-refractivity contribution in [1.82, 2.24) is 4.31 Å². The van der Waals surface area contributed by atoms with Gasteiger partial charge in [0.15, 0.2) is 0 Å². The Balaban J connectivity index is 2.39. The Kier molecular flexibility index (Phi) is 3.57. The van der Waals surface area contributed by atoms with Gasteiger partial charge in [-0.1, -0.05) is 13.8 Å². The zero-order valence-electron chi connectivity index (χ0n) is 11.2. The molecule has 0 atom stereocenters. The van der Waals surface area contributed by atoms with E-state index >= 15 is 0 Å². The summed E-state index contributed by atoms with van der Waals surface area (Å²) in [7, 11) is -3.81. The molecule has 0 amide bonds. The van der Waals surface area contributed by atoms with E-state index in [-0.39, 0.29) is 16.0 Å². The molecule has 0 aromatic heterocycles. The number of rotatable bonds is 2. The largest absolute Gasteiger partial charge is 0.399 e. The molecule has 1 saturated heterocycles. The molecule has 106 valence electrons. The Morgan fingerprint density at radius 3 is 2.68 bits per heavy atom. The van der Waals surface area contributed by atoms with Crippen LogP contribution >= 0.6 is 0 Å². The van der Waals surface area contributed by atoms with E-state index < -0.39 is 15.8 Å². The average molecular weight is 286 g/mol. The summed E-state index contributed by atoms with van der Waals surface area (Å²) in [5.74, 6) is -0.752. The summed E-state index contributed by atoms with van der Waals surface area (Å²) in [6.07, 6.45) is 1.76. The number of hydrogen-bond donors (Lipinski definition) is 1. The van der Waals surface area contributed by atoms with Gasteiger partial charge in [0.1, 0.15) is 10.7 Å². The van der Waals surface area contributed by atoms with Gasteiger partial charge in [-0.3, -0.25) is 0 Å². The summed E-state index contributed by atoms with van der Waals surface area (Å²) in [6.45, 7) is 4.87. The molecule has 2 rings (SSSR count). The van der Waals surface area contributed by atoms with Gasteiger partial charge in [-0.2, -0.15) is 4.31 Å². The highest BCUT2D eigenvalue weighted by atomic mass is 32.2. The van der Waals surface area contributed by atoms with Crippen molar-refractivity contribution in [3.8, 4) is 0 Å². The first kappa shape index (κ1) is 14.3. The van der Waals surface area contributed by atoms with Gasteiger partial charge in [-0.25, -0.2) is 12.8 Å². The Bertz CT molecular complexity index is 584. The SMILES string of the molecule is CC1(C)CCCN(S(=O)(=O)c2cc(N)ccc2F)C1. The van der Waals surface area contributed by atoms with Crippen LogP contribution in [0.25, 0.3) is 0 Å². The number of piperidine rings is 1. The summed E-state index contributed by atoms with van der Waals surface area (Å²) in [6, 6.07) is 3.64. The first-order valence-corrected chi connectivity index (χ1v) is 7.72. The van der Waals surface area contributed by atoms with Crippen LogP contribution in [0.1, 0.15) is 26.7 Å². The second kappa shape index (κ2) is 4.76. The maximum atomic E-state index is 13.8. The smallest absolute Gasteiger partial charge is 0.246 e. The monoisotopic (exact) mass is 286 g/mol. The zero-order chi connectivity index (χ0) is 14.3. The van der Waals surface area contributed by atoms with E-state index in [9.17, 15) is 12.8 Å². The third-order valence-electron chi connectivity index (χ3n) is 3.44. The van der Waals surface area contributed by atoms with Crippen LogP contribution in [0.3, 0.4) is 0 Å². The predicted molar refractivity (Wildman–Crippen MR) is 72.6 cm³/mol. The summed E-state index contributed by atoms with van der Waals surface area (Å²) in [4.78, 5) is -0.329. The fraction of sp³-hybridized carbons (Fsp3) is 0.538. The van der Waals surface area contributed by atoms with E-state index in [1.807, 2.05) is 13.8 Å². The normalized spacial score (nSPS) is 20.4. The number of benzene rings is 1. The molecule has 2 N–H and O–H groups in total. The van der Waals surface area contributed by atoms with Crippen molar-refractivity contribution in [1.29, 1.82) is 0 Å². The van der Waals surface area contributed by atoms with Gasteiger partial charge in [0.2, 0.25) is 10.0 Å². The van der Waals surface area contributed by atoms with Gasteiger partial charge >= 0.3 is 0 Å². The molecule has 19 heavy (non-hydrogen) atoms. The third-order valence-corrected chi connectivity index (χ3v) is 5.30. The molecular formula is C13H19FN2O2S. The van der Waals surface area contributed by atoms with Crippen LogP contribution in [0, 0.1) is 11.2 Å². The lowest BCUT2D eigenvalue weighted by molar-refractivity contribution is 0.186. The second-order valence-corrected chi connectivity index (χ2v) is 7.70. The van der Waals surface area contributed by atoms with Gasteiger partial charge in [0.25, 0.3) is 0 Å². The highest BCUT2D eigenvalue weighted by Gasteiger charge is 2.35. The van der Waals surface area contributed by atoms with E-state index in [1.54, 1.807) is 0 Å². The van der Waals surface area contributed by atoms with Crippen molar-refractivity contribution in [2.45, 2.75) is 31.6 Å². The van der Waals surface area contributed by atoms with E-state index in [0.29, 0.717) is 13.1 Å². The van der Waals surface area contributed by atoms with Gasteiger partial charge in [0, 0.05) is 18.8 Å².